The van der Waals surface area contributed by atoms with Crippen LogP contribution in [0.2, 0.25) is 0 Å². The van der Waals surface area contributed by atoms with Gasteiger partial charge in [-0.1, -0.05) is 78.4 Å². The molecule has 0 fully saturated rings. The SMILES string of the molecule is Cc1ccc(C2(SC[C@H](N)C(=O)O)c3ccccc3CCc3ccccc32)cc1. The van der Waals surface area contributed by atoms with Crippen LogP contribution in [0.5, 0.6) is 0 Å². The highest BCUT2D eigenvalue weighted by atomic mass is 32.2. The fourth-order valence-corrected chi connectivity index (χ4v) is 5.79. The number of carbonyl (C=O) groups is 1. The molecule has 0 unspecified atom stereocenters. The summed E-state index contributed by atoms with van der Waals surface area (Å²) in [6.45, 7) is 2.08. The van der Waals surface area contributed by atoms with Crippen molar-refractivity contribution in [3.05, 3.63) is 106 Å². The summed E-state index contributed by atoms with van der Waals surface area (Å²) in [5.41, 5.74) is 13.4. The number of nitrogens with two attached hydrogens (primary N) is 1. The highest BCUT2D eigenvalue weighted by Gasteiger charge is 2.41. The molecule has 0 heterocycles. The normalized spacial score (nSPS) is 15.7. The van der Waals surface area contributed by atoms with Gasteiger partial charge in [0.05, 0.1) is 4.75 Å². The third kappa shape index (κ3) is 3.59. The van der Waals surface area contributed by atoms with Crippen molar-refractivity contribution in [2.75, 3.05) is 5.75 Å². The Morgan fingerprint density at radius 3 is 2.00 bits per heavy atom. The first kappa shape index (κ1) is 19.7. The second kappa shape index (κ2) is 8.05. The zero-order valence-corrected chi connectivity index (χ0v) is 17.3. The number of thioether (sulfide) groups is 1. The maximum Gasteiger partial charge on any atom is 0.321 e. The summed E-state index contributed by atoms with van der Waals surface area (Å²) in [6, 6.07) is 24.8. The van der Waals surface area contributed by atoms with Crippen molar-refractivity contribution in [2.24, 2.45) is 5.73 Å². The van der Waals surface area contributed by atoms with E-state index in [1.807, 2.05) is 0 Å². The van der Waals surface area contributed by atoms with Gasteiger partial charge in [0.2, 0.25) is 0 Å². The van der Waals surface area contributed by atoms with Gasteiger partial charge in [-0.15, -0.1) is 11.8 Å². The molecule has 0 saturated heterocycles. The predicted molar refractivity (Wildman–Crippen MR) is 119 cm³/mol. The van der Waals surface area contributed by atoms with E-state index >= 15 is 0 Å². The fourth-order valence-electron chi connectivity index (χ4n) is 4.20. The molecular formula is C25H25NO2S. The molecule has 0 bridgehead atoms. The summed E-state index contributed by atoms with van der Waals surface area (Å²) in [4.78, 5) is 11.5. The number of fused-ring (bicyclic) bond motifs is 2. The first-order valence-corrected chi connectivity index (χ1v) is 10.9. The monoisotopic (exact) mass is 403 g/mol. The van der Waals surface area contributed by atoms with E-state index in [4.69, 9.17) is 5.73 Å². The molecule has 0 saturated carbocycles. The van der Waals surface area contributed by atoms with Crippen LogP contribution in [0.15, 0.2) is 72.8 Å². The third-order valence-corrected chi connectivity index (χ3v) is 7.35. The van der Waals surface area contributed by atoms with Crippen molar-refractivity contribution < 1.29 is 9.90 Å². The summed E-state index contributed by atoms with van der Waals surface area (Å²) in [6.07, 6.45) is 1.93. The lowest BCUT2D eigenvalue weighted by atomic mass is 9.81. The molecule has 148 valence electrons. The molecule has 1 aliphatic rings. The van der Waals surface area contributed by atoms with E-state index < -0.39 is 16.8 Å². The Hall–Kier alpha value is -2.56. The highest BCUT2D eigenvalue weighted by molar-refractivity contribution is 8.00. The van der Waals surface area contributed by atoms with Gasteiger partial charge in [-0.2, -0.15) is 0 Å². The van der Waals surface area contributed by atoms with Gasteiger partial charge >= 0.3 is 5.97 Å². The van der Waals surface area contributed by atoms with Crippen molar-refractivity contribution in [1.29, 1.82) is 0 Å². The molecule has 4 heteroatoms. The second-order valence-electron chi connectivity index (χ2n) is 7.62. The number of carboxylic acid groups (broad SMARTS) is 1. The first-order valence-electron chi connectivity index (χ1n) is 9.88. The number of carboxylic acids is 1. The Morgan fingerprint density at radius 2 is 1.48 bits per heavy atom. The minimum absolute atomic E-state index is 0.325. The quantitative estimate of drug-likeness (QED) is 0.657. The molecule has 3 aromatic rings. The van der Waals surface area contributed by atoms with E-state index in [1.54, 1.807) is 11.8 Å². The van der Waals surface area contributed by atoms with Crippen LogP contribution in [-0.4, -0.2) is 22.9 Å². The summed E-state index contributed by atoms with van der Waals surface area (Å²) >= 11 is 1.63. The van der Waals surface area contributed by atoms with E-state index in [9.17, 15) is 9.90 Å². The first-order chi connectivity index (χ1) is 14.0. The molecule has 1 atom stereocenters. The summed E-state index contributed by atoms with van der Waals surface area (Å²) in [7, 11) is 0. The molecule has 1 aliphatic carbocycles. The van der Waals surface area contributed by atoms with Crippen LogP contribution in [-0.2, 0) is 22.4 Å². The van der Waals surface area contributed by atoms with E-state index in [0.717, 1.165) is 18.4 Å². The molecule has 0 amide bonds. The molecule has 4 rings (SSSR count). The van der Waals surface area contributed by atoms with Gasteiger partial charge in [0, 0.05) is 5.75 Å². The van der Waals surface area contributed by atoms with E-state index in [-0.39, 0.29) is 0 Å². The average Bonchev–Trinajstić information content (AvgIpc) is 2.88. The van der Waals surface area contributed by atoms with Gasteiger partial charge in [-0.05, 0) is 47.6 Å². The molecule has 0 aliphatic heterocycles. The van der Waals surface area contributed by atoms with Gasteiger partial charge in [-0.25, -0.2) is 0 Å². The van der Waals surface area contributed by atoms with Crippen molar-refractivity contribution >= 4 is 17.7 Å². The van der Waals surface area contributed by atoms with Crippen LogP contribution in [0.3, 0.4) is 0 Å². The second-order valence-corrected chi connectivity index (χ2v) is 8.85. The number of rotatable bonds is 5. The van der Waals surface area contributed by atoms with Crippen LogP contribution in [0.25, 0.3) is 0 Å². The lowest BCUT2D eigenvalue weighted by molar-refractivity contribution is -0.137. The summed E-state index contributed by atoms with van der Waals surface area (Å²) in [5, 5.41) is 9.41. The Morgan fingerprint density at radius 1 is 0.966 bits per heavy atom. The van der Waals surface area contributed by atoms with Gasteiger partial charge in [0.1, 0.15) is 6.04 Å². The highest BCUT2D eigenvalue weighted by Crippen LogP contribution is 2.52. The maximum absolute atomic E-state index is 11.5. The average molecular weight is 404 g/mol. The number of aryl methyl sites for hydroxylation is 3. The molecular weight excluding hydrogens is 378 g/mol. The molecule has 3 N–H and O–H groups in total. The standard InChI is InChI=1S/C25H25NO2S/c1-17-10-14-20(15-11-17)25(29-16-23(26)24(27)28)21-8-4-2-6-18(21)12-13-19-7-3-5-9-22(19)25/h2-11,14-15,23H,12-13,16,26H2,1H3,(H,27,28)/t23-/m0/s1. The van der Waals surface area contributed by atoms with E-state index in [2.05, 4.69) is 79.7 Å². The smallest absolute Gasteiger partial charge is 0.321 e. The topological polar surface area (TPSA) is 63.3 Å². The zero-order chi connectivity index (χ0) is 20.4. The fraction of sp³-hybridized carbons (Fsp3) is 0.240. The number of hydrogen-bond acceptors (Lipinski definition) is 3. The Labute approximate surface area is 176 Å². The van der Waals surface area contributed by atoms with Gasteiger partial charge in [-0.3, -0.25) is 4.79 Å². The molecule has 0 radical (unpaired) electrons. The van der Waals surface area contributed by atoms with Crippen LogP contribution >= 0.6 is 11.8 Å². The number of benzene rings is 3. The number of hydrogen-bond donors (Lipinski definition) is 2. The third-order valence-electron chi connectivity index (χ3n) is 5.71. The van der Waals surface area contributed by atoms with Crippen molar-refractivity contribution in [3.8, 4) is 0 Å². The maximum atomic E-state index is 11.5. The molecule has 0 aromatic heterocycles. The largest absolute Gasteiger partial charge is 0.480 e. The van der Waals surface area contributed by atoms with Crippen molar-refractivity contribution in [1.82, 2.24) is 0 Å². The van der Waals surface area contributed by atoms with Crippen LogP contribution in [0.1, 0.15) is 33.4 Å². The van der Waals surface area contributed by atoms with E-state index in [1.165, 1.54) is 27.8 Å². The number of aliphatic carboxylic acids is 1. The zero-order valence-electron chi connectivity index (χ0n) is 16.5. The van der Waals surface area contributed by atoms with E-state index in [0.29, 0.717) is 5.75 Å². The Kier molecular flexibility index (Phi) is 5.48. The molecule has 3 aromatic carbocycles. The van der Waals surface area contributed by atoms with Crippen molar-refractivity contribution in [2.45, 2.75) is 30.6 Å². The minimum Gasteiger partial charge on any atom is -0.480 e. The Bertz CT molecular complexity index is 982. The predicted octanol–water partition coefficient (Wildman–Crippen LogP) is 4.53. The lowest BCUT2D eigenvalue weighted by Gasteiger charge is -2.37. The summed E-state index contributed by atoms with van der Waals surface area (Å²) < 4.78 is -0.496. The molecule has 3 nitrogen and oxygen atoms in total. The van der Waals surface area contributed by atoms with Crippen LogP contribution in [0, 0.1) is 6.92 Å². The van der Waals surface area contributed by atoms with Gasteiger partial charge in [0.25, 0.3) is 0 Å². The van der Waals surface area contributed by atoms with Crippen molar-refractivity contribution in [3.63, 3.8) is 0 Å². The minimum atomic E-state index is -0.966. The lowest BCUT2D eigenvalue weighted by Crippen LogP contribution is -2.36. The summed E-state index contributed by atoms with van der Waals surface area (Å²) in [5.74, 6) is -0.641. The van der Waals surface area contributed by atoms with Gasteiger partial charge in [0.15, 0.2) is 0 Å². The van der Waals surface area contributed by atoms with Gasteiger partial charge < -0.3 is 10.8 Å². The Balaban J connectivity index is 2.00. The van der Waals surface area contributed by atoms with Crippen LogP contribution < -0.4 is 5.73 Å². The molecule has 29 heavy (non-hydrogen) atoms. The van der Waals surface area contributed by atoms with Crippen LogP contribution in [0.4, 0.5) is 0 Å². The molecule has 0 spiro atoms.